The Kier molecular flexibility index (Phi) is 2.13. The molecule has 0 bridgehead atoms. The van der Waals surface area contributed by atoms with Crippen LogP contribution < -0.4 is 0 Å². The van der Waals surface area contributed by atoms with Crippen molar-refractivity contribution in [3.8, 4) is 0 Å². The number of hydrogen-bond donors (Lipinski definition) is 0. The molecule has 1 heterocycles. The molecule has 1 aliphatic carbocycles. The Balaban J connectivity index is 2.20. The predicted molar refractivity (Wildman–Crippen MR) is 52.6 cm³/mol. The maximum absolute atomic E-state index is 11.2. The van der Waals surface area contributed by atoms with E-state index >= 15 is 0 Å². The average Bonchev–Trinajstić information content (AvgIpc) is 2.59. The Morgan fingerprint density at radius 3 is 2.69 bits per heavy atom. The van der Waals surface area contributed by atoms with Crippen LogP contribution in [0.15, 0.2) is 11.7 Å². The first-order valence-electron chi connectivity index (χ1n) is 3.85. The van der Waals surface area contributed by atoms with Crippen LogP contribution in [-0.2, 0) is 15.5 Å². The Labute approximate surface area is 85.2 Å². The molecule has 1 aliphatic rings. The topological polar surface area (TPSA) is 47.0 Å². The summed E-state index contributed by atoms with van der Waals surface area (Å²) in [6, 6.07) is 0. The van der Waals surface area contributed by atoms with Gasteiger partial charge in [-0.1, -0.05) is 0 Å². The molecule has 0 atom stereocenters. The lowest BCUT2D eigenvalue weighted by molar-refractivity contribution is 0.590. The standard InChI is InChI=1S/C7H8ClNO2S2/c8-13(10,11)7(1-2-7)3-6-4-9-5-12-6/h4-5H,1-3H2. The lowest BCUT2D eigenvalue weighted by Gasteiger charge is -2.08. The average molecular weight is 238 g/mol. The summed E-state index contributed by atoms with van der Waals surface area (Å²) in [6.07, 6.45) is 3.57. The first-order chi connectivity index (χ1) is 6.04. The van der Waals surface area contributed by atoms with E-state index in [1.807, 2.05) is 0 Å². The molecule has 6 heteroatoms. The highest BCUT2D eigenvalue weighted by Gasteiger charge is 2.53. The van der Waals surface area contributed by atoms with Gasteiger partial charge in [-0.15, -0.1) is 11.3 Å². The summed E-state index contributed by atoms with van der Waals surface area (Å²) >= 11 is 1.47. The number of hydrogen-bond acceptors (Lipinski definition) is 4. The molecule has 1 fully saturated rings. The van der Waals surface area contributed by atoms with Gasteiger partial charge in [0, 0.05) is 28.2 Å². The Morgan fingerprint density at radius 1 is 1.62 bits per heavy atom. The number of aromatic nitrogens is 1. The van der Waals surface area contributed by atoms with Crippen LogP contribution in [0.2, 0.25) is 0 Å². The van der Waals surface area contributed by atoms with E-state index in [-0.39, 0.29) is 0 Å². The summed E-state index contributed by atoms with van der Waals surface area (Å²) in [5, 5.41) is 0. The third-order valence-electron chi connectivity index (χ3n) is 2.30. The van der Waals surface area contributed by atoms with E-state index in [0.717, 1.165) is 4.88 Å². The van der Waals surface area contributed by atoms with E-state index in [0.29, 0.717) is 19.3 Å². The minimum absolute atomic E-state index is 0.517. The van der Waals surface area contributed by atoms with Crippen molar-refractivity contribution >= 4 is 31.1 Å². The van der Waals surface area contributed by atoms with E-state index in [4.69, 9.17) is 10.7 Å². The quantitative estimate of drug-likeness (QED) is 0.753. The van der Waals surface area contributed by atoms with Gasteiger partial charge in [-0.2, -0.15) is 0 Å². The first-order valence-corrected chi connectivity index (χ1v) is 7.04. The SMILES string of the molecule is O=S(=O)(Cl)C1(Cc2cncs2)CC1. The highest BCUT2D eigenvalue weighted by atomic mass is 35.7. The van der Waals surface area contributed by atoms with Gasteiger partial charge < -0.3 is 0 Å². The lowest BCUT2D eigenvalue weighted by atomic mass is 10.2. The van der Waals surface area contributed by atoms with Crippen LogP contribution in [0.1, 0.15) is 17.7 Å². The molecule has 1 aromatic rings. The summed E-state index contributed by atoms with van der Waals surface area (Å²) in [5.41, 5.74) is 1.70. The molecule has 1 aromatic heterocycles. The van der Waals surface area contributed by atoms with Crippen LogP contribution in [0.4, 0.5) is 0 Å². The van der Waals surface area contributed by atoms with Crippen molar-refractivity contribution in [2.45, 2.75) is 24.0 Å². The molecule has 3 nitrogen and oxygen atoms in total. The van der Waals surface area contributed by atoms with Crippen molar-refractivity contribution in [2.24, 2.45) is 0 Å². The van der Waals surface area contributed by atoms with Crippen LogP contribution >= 0.6 is 22.0 Å². The molecule has 0 unspecified atom stereocenters. The van der Waals surface area contributed by atoms with Crippen LogP contribution in [-0.4, -0.2) is 18.1 Å². The highest BCUT2D eigenvalue weighted by molar-refractivity contribution is 8.15. The number of rotatable bonds is 3. The zero-order valence-electron chi connectivity index (χ0n) is 6.73. The van der Waals surface area contributed by atoms with Gasteiger partial charge in [-0.25, -0.2) is 8.42 Å². The van der Waals surface area contributed by atoms with Gasteiger partial charge in [-0.3, -0.25) is 4.98 Å². The van der Waals surface area contributed by atoms with E-state index in [1.54, 1.807) is 11.7 Å². The molecule has 1 saturated carbocycles. The van der Waals surface area contributed by atoms with Gasteiger partial charge in [0.2, 0.25) is 9.05 Å². The van der Waals surface area contributed by atoms with E-state index in [1.165, 1.54) is 11.3 Å². The Bertz CT molecular complexity index is 394. The summed E-state index contributed by atoms with van der Waals surface area (Å²) < 4.78 is 21.7. The maximum Gasteiger partial charge on any atom is 0.238 e. The Morgan fingerprint density at radius 2 is 2.31 bits per heavy atom. The second-order valence-electron chi connectivity index (χ2n) is 3.27. The normalized spacial score (nSPS) is 20.1. The van der Waals surface area contributed by atoms with Crippen molar-refractivity contribution in [1.29, 1.82) is 0 Å². The zero-order chi connectivity index (χ0) is 9.53. The van der Waals surface area contributed by atoms with Gasteiger partial charge in [0.25, 0.3) is 0 Å². The second-order valence-corrected chi connectivity index (χ2v) is 7.20. The third-order valence-corrected chi connectivity index (χ3v) is 5.65. The summed E-state index contributed by atoms with van der Waals surface area (Å²) in [6.45, 7) is 0. The summed E-state index contributed by atoms with van der Waals surface area (Å²) in [4.78, 5) is 4.88. The van der Waals surface area contributed by atoms with Crippen molar-refractivity contribution in [3.63, 3.8) is 0 Å². The fraction of sp³-hybridized carbons (Fsp3) is 0.571. The van der Waals surface area contributed by atoms with Crippen LogP contribution in [0.3, 0.4) is 0 Å². The van der Waals surface area contributed by atoms with E-state index < -0.39 is 13.8 Å². The van der Waals surface area contributed by atoms with Gasteiger partial charge >= 0.3 is 0 Å². The molecular formula is C7H8ClNO2S2. The van der Waals surface area contributed by atoms with E-state index in [2.05, 4.69) is 4.98 Å². The molecule has 0 aliphatic heterocycles. The van der Waals surface area contributed by atoms with Gasteiger partial charge in [-0.05, 0) is 12.8 Å². The predicted octanol–water partition coefficient (Wildman–Crippen LogP) is 1.79. The molecule has 0 spiro atoms. The third kappa shape index (κ3) is 1.73. The maximum atomic E-state index is 11.2. The van der Waals surface area contributed by atoms with Crippen molar-refractivity contribution in [1.82, 2.24) is 4.98 Å². The minimum Gasteiger partial charge on any atom is -0.253 e. The molecular weight excluding hydrogens is 230 g/mol. The van der Waals surface area contributed by atoms with Gasteiger partial charge in [0.1, 0.15) is 0 Å². The van der Waals surface area contributed by atoms with Crippen molar-refractivity contribution < 1.29 is 8.42 Å². The smallest absolute Gasteiger partial charge is 0.238 e. The van der Waals surface area contributed by atoms with Crippen molar-refractivity contribution in [3.05, 3.63) is 16.6 Å². The van der Waals surface area contributed by atoms with Crippen LogP contribution in [0.5, 0.6) is 0 Å². The molecule has 0 amide bonds. The summed E-state index contributed by atoms with van der Waals surface area (Å²) in [7, 11) is 1.94. The molecule has 13 heavy (non-hydrogen) atoms. The molecule has 0 N–H and O–H groups in total. The fourth-order valence-corrected chi connectivity index (χ4v) is 3.67. The fourth-order valence-electron chi connectivity index (χ4n) is 1.29. The highest BCUT2D eigenvalue weighted by Crippen LogP contribution is 2.48. The molecule has 0 saturated heterocycles. The second kappa shape index (κ2) is 2.93. The lowest BCUT2D eigenvalue weighted by Crippen LogP contribution is -2.20. The number of thiazole rings is 1. The van der Waals surface area contributed by atoms with Crippen LogP contribution in [0.25, 0.3) is 0 Å². The monoisotopic (exact) mass is 237 g/mol. The van der Waals surface area contributed by atoms with Crippen molar-refractivity contribution in [2.75, 3.05) is 0 Å². The first kappa shape index (κ1) is 9.43. The minimum atomic E-state index is -3.42. The van der Waals surface area contributed by atoms with Gasteiger partial charge in [0.15, 0.2) is 0 Å². The largest absolute Gasteiger partial charge is 0.253 e. The molecule has 72 valence electrons. The zero-order valence-corrected chi connectivity index (χ0v) is 9.12. The number of nitrogens with zero attached hydrogens (tertiary/aromatic N) is 1. The summed E-state index contributed by atoms with van der Waals surface area (Å²) in [5.74, 6) is 0. The molecule has 0 radical (unpaired) electrons. The molecule has 2 rings (SSSR count). The number of halogens is 1. The van der Waals surface area contributed by atoms with Gasteiger partial charge in [0.05, 0.1) is 10.3 Å². The van der Waals surface area contributed by atoms with E-state index in [9.17, 15) is 8.42 Å². The van der Waals surface area contributed by atoms with Crippen LogP contribution in [0, 0.1) is 0 Å². The Hall–Kier alpha value is -0.130. The molecule has 0 aromatic carbocycles.